The number of benzene rings is 2. The molecule has 1 amide bonds. The number of alkyl halides is 3. The quantitative estimate of drug-likeness (QED) is 0.673. The maximum absolute atomic E-state index is 12.7. The van der Waals surface area contributed by atoms with Gasteiger partial charge in [-0.2, -0.15) is 13.2 Å². The molecule has 25 heavy (non-hydrogen) atoms. The summed E-state index contributed by atoms with van der Waals surface area (Å²) in [4.78, 5) is 16.0. The van der Waals surface area contributed by atoms with Gasteiger partial charge in [0.05, 0.1) is 5.56 Å². The molecule has 2 aromatic carbocycles. The van der Waals surface area contributed by atoms with E-state index in [-0.39, 0.29) is 5.91 Å². The third-order valence-electron chi connectivity index (χ3n) is 3.42. The Morgan fingerprint density at radius 3 is 2.20 bits per heavy atom. The van der Waals surface area contributed by atoms with E-state index in [1.165, 1.54) is 30.4 Å². The standard InChI is InChI=1S/C18H13F3N2OS/c1-11(24)22-17-15(12-5-3-2-4-6-12)23-16(25-17)13-7-9-14(10-8-13)18(19,20)21/h2-10H,1H3,(H,22,24). The Balaban J connectivity index is 2.03. The summed E-state index contributed by atoms with van der Waals surface area (Å²) in [5.74, 6) is -0.236. The van der Waals surface area contributed by atoms with Crippen LogP contribution in [-0.4, -0.2) is 10.9 Å². The van der Waals surface area contributed by atoms with Crippen LogP contribution < -0.4 is 5.32 Å². The minimum Gasteiger partial charge on any atom is -0.316 e. The monoisotopic (exact) mass is 362 g/mol. The molecule has 128 valence electrons. The minimum atomic E-state index is -4.38. The van der Waals surface area contributed by atoms with Gasteiger partial charge in [0.2, 0.25) is 5.91 Å². The molecule has 3 nitrogen and oxygen atoms in total. The van der Waals surface area contributed by atoms with Gasteiger partial charge in [-0.25, -0.2) is 4.98 Å². The molecule has 1 heterocycles. The lowest BCUT2D eigenvalue weighted by Gasteiger charge is -2.06. The Bertz CT molecular complexity index is 887. The molecule has 3 rings (SSSR count). The summed E-state index contributed by atoms with van der Waals surface area (Å²) < 4.78 is 38.1. The summed E-state index contributed by atoms with van der Waals surface area (Å²) in [6.45, 7) is 1.40. The number of carbonyl (C=O) groups excluding carboxylic acids is 1. The summed E-state index contributed by atoms with van der Waals surface area (Å²) in [6.07, 6.45) is -4.38. The number of thiazole rings is 1. The van der Waals surface area contributed by atoms with Crippen molar-refractivity contribution in [3.05, 3.63) is 60.2 Å². The lowest BCUT2D eigenvalue weighted by Crippen LogP contribution is -2.05. The number of hydrogen-bond acceptors (Lipinski definition) is 3. The van der Waals surface area contributed by atoms with Gasteiger partial charge in [-0.1, -0.05) is 53.8 Å². The zero-order valence-electron chi connectivity index (χ0n) is 13.1. The second-order valence-electron chi connectivity index (χ2n) is 5.32. The van der Waals surface area contributed by atoms with E-state index in [0.29, 0.717) is 21.3 Å². The minimum absolute atomic E-state index is 0.236. The molecule has 0 saturated carbocycles. The van der Waals surface area contributed by atoms with Crippen molar-refractivity contribution >= 4 is 22.2 Å². The van der Waals surface area contributed by atoms with Crippen molar-refractivity contribution in [1.29, 1.82) is 0 Å². The second kappa shape index (κ2) is 6.68. The Morgan fingerprint density at radius 1 is 1.00 bits per heavy atom. The highest BCUT2D eigenvalue weighted by Crippen LogP contribution is 2.38. The van der Waals surface area contributed by atoms with E-state index >= 15 is 0 Å². The van der Waals surface area contributed by atoms with Crippen molar-refractivity contribution < 1.29 is 18.0 Å². The molecular weight excluding hydrogens is 349 g/mol. The zero-order valence-corrected chi connectivity index (χ0v) is 13.9. The van der Waals surface area contributed by atoms with Crippen LogP contribution in [0.2, 0.25) is 0 Å². The molecule has 0 aliphatic rings. The van der Waals surface area contributed by atoms with Crippen LogP contribution in [0.5, 0.6) is 0 Å². The van der Waals surface area contributed by atoms with Gasteiger partial charge in [-0.05, 0) is 12.1 Å². The van der Waals surface area contributed by atoms with Crippen LogP contribution in [0.3, 0.4) is 0 Å². The predicted molar refractivity (Wildman–Crippen MR) is 92.3 cm³/mol. The van der Waals surface area contributed by atoms with E-state index < -0.39 is 11.7 Å². The fourth-order valence-corrected chi connectivity index (χ4v) is 3.32. The first kappa shape index (κ1) is 17.2. The maximum atomic E-state index is 12.7. The lowest BCUT2D eigenvalue weighted by molar-refractivity contribution is -0.137. The van der Waals surface area contributed by atoms with Gasteiger partial charge in [-0.3, -0.25) is 4.79 Å². The fraction of sp³-hybridized carbons (Fsp3) is 0.111. The third-order valence-corrected chi connectivity index (χ3v) is 4.44. The zero-order chi connectivity index (χ0) is 18.0. The largest absolute Gasteiger partial charge is 0.416 e. The van der Waals surface area contributed by atoms with Gasteiger partial charge in [0.1, 0.15) is 15.7 Å². The van der Waals surface area contributed by atoms with E-state index in [1.807, 2.05) is 30.3 Å². The summed E-state index contributed by atoms with van der Waals surface area (Å²) in [6, 6.07) is 14.1. The van der Waals surface area contributed by atoms with Gasteiger partial charge in [0.25, 0.3) is 0 Å². The highest BCUT2D eigenvalue weighted by Gasteiger charge is 2.30. The number of aromatic nitrogens is 1. The third kappa shape index (κ3) is 3.88. The van der Waals surface area contributed by atoms with Gasteiger partial charge in [0.15, 0.2) is 0 Å². The number of halogens is 3. The van der Waals surface area contributed by atoms with Crippen molar-refractivity contribution in [2.45, 2.75) is 13.1 Å². The molecule has 0 aliphatic carbocycles. The molecule has 1 N–H and O–H groups in total. The fourth-order valence-electron chi connectivity index (χ4n) is 2.28. The first-order valence-corrected chi connectivity index (χ1v) is 8.18. The molecule has 0 aliphatic heterocycles. The molecule has 0 fully saturated rings. The Labute approximate surface area is 146 Å². The number of anilines is 1. The number of hydrogen-bond donors (Lipinski definition) is 1. The normalized spacial score (nSPS) is 11.4. The average Bonchev–Trinajstić information content (AvgIpc) is 2.98. The first-order valence-electron chi connectivity index (χ1n) is 7.36. The molecule has 1 aromatic heterocycles. The van der Waals surface area contributed by atoms with Crippen molar-refractivity contribution in [2.24, 2.45) is 0 Å². The van der Waals surface area contributed by atoms with Gasteiger partial charge in [-0.15, -0.1) is 0 Å². The maximum Gasteiger partial charge on any atom is 0.416 e. The average molecular weight is 362 g/mol. The molecule has 0 radical (unpaired) electrons. The molecule has 0 spiro atoms. The smallest absolute Gasteiger partial charge is 0.316 e. The van der Waals surface area contributed by atoms with Crippen molar-refractivity contribution in [3.8, 4) is 21.8 Å². The van der Waals surface area contributed by atoms with E-state index in [9.17, 15) is 18.0 Å². The van der Waals surface area contributed by atoms with E-state index in [0.717, 1.165) is 17.7 Å². The number of rotatable bonds is 3. The first-order chi connectivity index (χ1) is 11.8. The van der Waals surface area contributed by atoms with E-state index in [2.05, 4.69) is 10.3 Å². The highest BCUT2D eigenvalue weighted by molar-refractivity contribution is 7.19. The van der Waals surface area contributed by atoms with Crippen LogP contribution in [0.25, 0.3) is 21.8 Å². The van der Waals surface area contributed by atoms with Crippen molar-refractivity contribution in [2.75, 3.05) is 5.32 Å². The predicted octanol–water partition coefficient (Wildman–Crippen LogP) is 5.45. The molecule has 0 atom stereocenters. The molecule has 0 unspecified atom stereocenters. The molecule has 0 saturated heterocycles. The summed E-state index contributed by atoms with van der Waals surface area (Å²) in [5, 5.41) is 3.84. The summed E-state index contributed by atoms with van der Waals surface area (Å²) in [7, 11) is 0. The van der Waals surface area contributed by atoms with Crippen LogP contribution in [0, 0.1) is 0 Å². The van der Waals surface area contributed by atoms with E-state index in [4.69, 9.17) is 0 Å². The second-order valence-corrected chi connectivity index (χ2v) is 6.32. The highest BCUT2D eigenvalue weighted by atomic mass is 32.1. The summed E-state index contributed by atoms with van der Waals surface area (Å²) in [5.41, 5.74) is 1.27. The Kier molecular flexibility index (Phi) is 4.59. The molecular formula is C18H13F3N2OS. The van der Waals surface area contributed by atoms with E-state index in [1.54, 1.807) is 0 Å². The SMILES string of the molecule is CC(=O)Nc1sc(-c2ccc(C(F)(F)F)cc2)nc1-c1ccccc1. The molecule has 7 heteroatoms. The van der Waals surface area contributed by atoms with Gasteiger partial charge < -0.3 is 5.32 Å². The van der Waals surface area contributed by atoms with Crippen molar-refractivity contribution in [1.82, 2.24) is 4.98 Å². The van der Waals surface area contributed by atoms with Crippen LogP contribution in [-0.2, 0) is 11.0 Å². The number of carbonyl (C=O) groups is 1. The number of nitrogens with one attached hydrogen (secondary N) is 1. The lowest BCUT2D eigenvalue weighted by atomic mass is 10.1. The topological polar surface area (TPSA) is 42.0 Å². The van der Waals surface area contributed by atoms with Crippen LogP contribution in [0.4, 0.5) is 18.2 Å². The van der Waals surface area contributed by atoms with Crippen LogP contribution in [0.1, 0.15) is 12.5 Å². The van der Waals surface area contributed by atoms with Crippen LogP contribution >= 0.6 is 11.3 Å². The summed E-state index contributed by atoms with van der Waals surface area (Å²) >= 11 is 1.22. The van der Waals surface area contributed by atoms with Crippen LogP contribution in [0.15, 0.2) is 54.6 Å². The Hall–Kier alpha value is -2.67. The van der Waals surface area contributed by atoms with Gasteiger partial charge in [0, 0.05) is 18.1 Å². The van der Waals surface area contributed by atoms with Gasteiger partial charge >= 0.3 is 6.18 Å². The molecule has 0 bridgehead atoms. The number of nitrogens with zero attached hydrogens (tertiary/aromatic N) is 1. The molecule has 3 aromatic rings. The Morgan fingerprint density at radius 2 is 1.64 bits per heavy atom. The van der Waals surface area contributed by atoms with Crippen molar-refractivity contribution in [3.63, 3.8) is 0 Å². The number of amides is 1.